The average Bonchev–Trinajstić information content (AvgIpc) is 2.62. The maximum Gasteiger partial charge on any atom is 0.387 e. The van der Waals surface area contributed by atoms with E-state index in [4.69, 9.17) is 11.6 Å². The first-order valence-electron chi connectivity index (χ1n) is 8.03. The number of methoxy groups -OCH3 is 1. The summed E-state index contributed by atoms with van der Waals surface area (Å²) in [5.41, 5.74) is 1.20. The van der Waals surface area contributed by atoms with Crippen LogP contribution in [0.15, 0.2) is 48.5 Å². The third-order valence-electron chi connectivity index (χ3n) is 3.73. The molecule has 2 rings (SSSR count). The minimum atomic E-state index is -2.91. The molecule has 0 bridgehead atoms. The maximum absolute atomic E-state index is 12.4. The topological polar surface area (TPSA) is 64.6 Å². The molecule has 0 heterocycles. The molecule has 0 saturated carbocycles. The van der Waals surface area contributed by atoms with E-state index in [1.807, 2.05) is 0 Å². The van der Waals surface area contributed by atoms with Crippen LogP contribution in [0.1, 0.15) is 23.6 Å². The van der Waals surface area contributed by atoms with E-state index < -0.39 is 18.6 Å². The summed E-state index contributed by atoms with van der Waals surface area (Å²) < 4.78 is 33.3. The van der Waals surface area contributed by atoms with Crippen LogP contribution in [0, 0.1) is 0 Å². The van der Waals surface area contributed by atoms with E-state index in [0.717, 1.165) is 0 Å². The molecule has 1 atom stereocenters. The van der Waals surface area contributed by atoms with Gasteiger partial charge in [-0.05, 0) is 29.3 Å². The molecule has 0 saturated heterocycles. The molecule has 0 aliphatic rings. The normalized spacial score (nSPS) is 11.7. The van der Waals surface area contributed by atoms with Gasteiger partial charge in [0.1, 0.15) is 5.75 Å². The van der Waals surface area contributed by atoms with Crippen molar-refractivity contribution >= 4 is 23.5 Å². The second-order valence-electron chi connectivity index (χ2n) is 5.62. The van der Waals surface area contributed by atoms with E-state index in [2.05, 4.69) is 14.8 Å². The van der Waals surface area contributed by atoms with Crippen LogP contribution in [-0.2, 0) is 20.7 Å². The van der Waals surface area contributed by atoms with Gasteiger partial charge in [-0.1, -0.05) is 41.9 Å². The van der Waals surface area contributed by atoms with Crippen molar-refractivity contribution in [1.82, 2.24) is 5.32 Å². The smallest absolute Gasteiger partial charge is 0.387 e. The summed E-state index contributed by atoms with van der Waals surface area (Å²) in [5.74, 6) is -0.839. The number of esters is 1. The van der Waals surface area contributed by atoms with Gasteiger partial charge < -0.3 is 14.8 Å². The molecule has 144 valence electrons. The Hall–Kier alpha value is -2.67. The highest BCUT2D eigenvalue weighted by Crippen LogP contribution is 2.25. The van der Waals surface area contributed by atoms with E-state index in [-0.39, 0.29) is 24.5 Å². The molecule has 0 aliphatic heterocycles. The van der Waals surface area contributed by atoms with Crippen LogP contribution in [0.4, 0.5) is 8.78 Å². The molecule has 1 amide bonds. The molecule has 27 heavy (non-hydrogen) atoms. The van der Waals surface area contributed by atoms with Crippen molar-refractivity contribution in [3.05, 3.63) is 64.7 Å². The summed E-state index contributed by atoms with van der Waals surface area (Å²) in [5, 5.41) is 3.18. The molecule has 8 heteroatoms. The molecular formula is C19H18ClF2NO4. The number of amides is 1. The van der Waals surface area contributed by atoms with Crippen LogP contribution in [0.2, 0.25) is 5.02 Å². The third kappa shape index (κ3) is 6.53. The number of alkyl halides is 2. The summed E-state index contributed by atoms with van der Waals surface area (Å²) in [6.45, 7) is -2.91. The summed E-state index contributed by atoms with van der Waals surface area (Å²) in [7, 11) is 1.26. The summed E-state index contributed by atoms with van der Waals surface area (Å²) in [4.78, 5) is 24.1. The monoisotopic (exact) mass is 397 g/mol. The van der Waals surface area contributed by atoms with Gasteiger partial charge in [0.05, 0.1) is 26.0 Å². The molecule has 0 aliphatic carbocycles. The molecule has 2 aromatic rings. The first-order valence-corrected chi connectivity index (χ1v) is 8.41. The standard InChI is InChI=1S/C19H18ClF2NO4/c1-26-18(25)11-16(14-4-2-3-5-15(14)20)23-17(24)10-12-6-8-13(9-7-12)27-19(21)22/h2-9,16,19H,10-11H2,1H3,(H,23,24). The Morgan fingerprint density at radius 1 is 1.11 bits per heavy atom. The van der Waals surface area contributed by atoms with Crippen LogP contribution >= 0.6 is 11.6 Å². The zero-order chi connectivity index (χ0) is 19.8. The molecule has 2 aromatic carbocycles. The fraction of sp³-hybridized carbons (Fsp3) is 0.263. The molecule has 0 spiro atoms. The first kappa shape index (κ1) is 20.6. The van der Waals surface area contributed by atoms with Crippen molar-refractivity contribution in [3.63, 3.8) is 0 Å². The highest BCUT2D eigenvalue weighted by Gasteiger charge is 2.21. The lowest BCUT2D eigenvalue weighted by molar-refractivity contribution is -0.141. The second-order valence-corrected chi connectivity index (χ2v) is 6.03. The predicted octanol–water partition coefficient (Wildman–Crippen LogP) is 3.90. The zero-order valence-corrected chi connectivity index (χ0v) is 15.2. The van der Waals surface area contributed by atoms with Crippen molar-refractivity contribution in [3.8, 4) is 5.75 Å². The van der Waals surface area contributed by atoms with Crippen LogP contribution < -0.4 is 10.1 Å². The van der Waals surface area contributed by atoms with Gasteiger partial charge in [0.2, 0.25) is 5.91 Å². The van der Waals surface area contributed by atoms with Crippen molar-refractivity contribution in [2.75, 3.05) is 7.11 Å². The van der Waals surface area contributed by atoms with Crippen molar-refractivity contribution in [2.45, 2.75) is 25.5 Å². The highest BCUT2D eigenvalue weighted by molar-refractivity contribution is 6.31. The van der Waals surface area contributed by atoms with E-state index in [0.29, 0.717) is 16.1 Å². The number of carbonyl (C=O) groups is 2. The Labute approximate surface area is 160 Å². The Balaban J connectivity index is 2.07. The molecular weight excluding hydrogens is 380 g/mol. The molecule has 0 radical (unpaired) electrons. The number of hydrogen-bond acceptors (Lipinski definition) is 4. The average molecular weight is 398 g/mol. The van der Waals surface area contributed by atoms with E-state index in [1.165, 1.54) is 31.4 Å². The number of rotatable bonds is 8. The van der Waals surface area contributed by atoms with Gasteiger partial charge in [-0.2, -0.15) is 8.78 Å². The largest absolute Gasteiger partial charge is 0.469 e. The van der Waals surface area contributed by atoms with Gasteiger partial charge in [-0.15, -0.1) is 0 Å². The quantitative estimate of drug-likeness (QED) is 0.686. The fourth-order valence-electron chi connectivity index (χ4n) is 2.47. The summed E-state index contributed by atoms with van der Waals surface area (Å²) >= 11 is 6.17. The van der Waals surface area contributed by atoms with Gasteiger partial charge >= 0.3 is 12.6 Å². The molecule has 0 fully saturated rings. The maximum atomic E-state index is 12.4. The number of nitrogens with one attached hydrogen (secondary N) is 1. The van der Waals surface area contributed by atoms with E-state index in [9.17, 15) is 18.4 Å². The minimum Gasteiger partial charge on any atom is -0.469 e. The molecule has 1 N–H and O–H groups in total. The third-order valence-corrected chi connectivity index (χ3v) is 4.07. The first-order chi connectivity index (χ1) is 12.9. The Bertz CT molecular complexity index is 784. The van der Waals surface area contributed by atoms with Gasteiger partial charge in [-0.25, -0.2) is 0 Å². The Morgan fingerprint density at radius 2 is 1.78 bits per heavy atom. The number of halogens is 3. The Morgan fingerprint density at radius 3 is 2.37 bits per heavy atom. The van der Waals surface area contributed by atoms with Crippen molar-refractivity contribution in [1.29, 1.82) is 0 Å². The second kappa shape index (κ2) is 9.87. The van der Waals surface area contributed by atoms with Crippen LogP contribution in [0.3, 0.4) is 0 Å². The number of carbonyl (C=O) groups excluding carboxylic acids is 2. The van der Waals surface area contributed by atoms with Crippen molar-refractivity contribution < 1.29 is 27.8 Å². The zero-order valence-electron chi connectivity index (χ0n) is 14.5. The van der Waals surface area contributed by atoms with Gasteiger partial charge in [0.25, 0.3) is 0 Å². The highest BCUT2D eigenvalue weighted by atomic mass is 35.5. The lowest BCUT2D eigenvalue weighted by Gasteiger charge is -2.19. The lowest BCUT2D eigenvalue weighted by atomic mass is 10.0. The molecule has 5 nitrogen and oxygen atoms in total. The van der Waals surface area contributed by atoms with Crippen LogP contribution in [-0.4, -0.2) is 25.6 Å². The summed E-state index contributed by atoms with van der Waals surface area (Å²) in [6.07, 6.45) is -0.0791. The van der Waals surface area contributed by atoms with Gasteiger partial charge in [-0.3, -0.25) is 9.59 Å². The van der Waals surface area contributed by atoms with E-state index in [1.54, 1.807) is 24.3 Å². The molecule has 0 aromatic heterocycles. The fourth-order valence-corrected chi connectivity index (χ4v) is 2.73. The number of benzene rings is 2. The summed E-state index contributed by atoms with van der Waals surface area (Å²) in [6, 6.07) is 12.0. The SMILES string of the molecule is COC(=O)CC(NC(=O)Cc1ccc(OC(F)F)cc1)c1ccccc1Cl. The number of ether oxygens (including phenoxy) is 2. The van der Waals surface area contributed by atoms with E-state index >= 15 is 0 Å². The Kier molecular flexibility index (Phi) is 7.55. The van der Waals surface area contributed by atoms with Crippen LogP contribution in [0.25, 0.3) is 0 Å². The van der Waals surface area contributed by atoms with Crippen molar-refractivity contribution in [2.24, 2.45) is 0 Å². The lowest BCUT2D eigenvalue weighted by Crippen LogP contribution is -2.31. The predicted molar refractivity (Wildman–Crippen MR) is 95.7 cm³/mol. The number of hydrogen-bond donors (Lipinski definition) is 1. The minimum absolute atomic E-state index is 0.00289. The molecule has 1 unspecified atom stereocenters. The van der Waals surface area contributed by atoms with Gasteiger partial charge in [0, 0.05) is 5.02 Å². The van der Waals surface area contributed by atoms with Gasteiger partial charge in [0.15, 0.2) is 0 Å². The van der Waals surface area contributed by atoms with Crippen LogP contribution in [0.5, 0.6) is 5.75 Å².